The van der Waals surface area contributed by atoms with Crippen molar-refractivity contribution in [3.05, 3.63) is 83.2 Å². The number of aromatic nitrogens is 1. The van der Waals surface area contributed by atoms with E-state index >= 15 is 0 Å². The first-order chi connectivity index (χ1) is 14.6. The third kappa shape index (κ3) is 4.96. The second kappa shape index (κ2) is 9.24. The van der Waals surface area contributed by atoms with Crippen LogP contribution in [0, 0.1) is 13.8 Å². The normalized spacial score (nSPS) is 19.9. The highest BCUT2D eigenvalue weighted by molar-refractivity contribution is 5.94. The Morgan fingerprint density at radius 1 is 1.03 bits per heavy atom. The minimum absolute atomic E-state index is 0.0515. The highest BCUT2D eigenvalue weighted by Crippen LogP contribution is 2.14. The molecule has 30 heavy (non-hydrogen) atoms. The van der Waals surface area contributed by atoms with Gasteiger partial charge in [0, 0.05) is 17.3 Å². The second-order valence-corrected chi connectivity index (χ2v) is 8.21. The molecule has 2 aromatic carbocycles. The van der Waals surface area contributed by atoms with Crippen LogP contribution in [-0.4, -0.2) is 37.2 Å². The van der Waals surface area contributed by atoms with Gasteiger partial charge >= 0.3 is 0 Å². The number of nitrogens with zero attached hydrogens (tertiary/aromatic N) is 1. The van der Waals surface area contributed by atoms with Crippen LogP contribution in [0.4, 0.5) is 5.69 Å². The van der Waals surface area contributed by atoms with Crippen LogP contribution < -0.4 is 15.1 Å². The van der Waals surface area contributed by atoms with E-state index in [9.17, 15) is 4.79 Å². The summed E-state index contributed by atoms with van der Waals surface area (Å²) < 4.78 is 5.20. The lowest BCUT2D eigenvalue weighted by molar-refractivity contribution is -1.03. The molecule has 1 atom stereocenters. The van der Waals surface area contributed by atoms with Crippen molar-refractivity contribution in [3.8, 4) is 0 Å². The first-order valence-corrected chi connectivity index (χ1v) is 10.6. The Balaban J connectivity index is 1.45. The zero-order chi connectivity index (χ0) is 20.9. The van der Waals surface area contributed by atoms with Crippen LogP contribution >= 0.6 is 0 Å². The molecule has 1 aliphatic rings. The number of rotatable bonds is 6. The predicted molar refractivity (Wildman–Crippen MR) is 115 cm³/mol. The molecule has 0 saturated carbocycles. The predicted octanol–water partition coefficient (Wildman–Crippen LogP) is 0.955. The maximum atomic E-state index is 13.3. The van der Waals surface area contributed by atoms with Crippen LogP contribution in [0.25, 0.3) is 0 Å². The average molecular weight is 407 g/mol. The number of quaternary nitrogens is 2. The molecule has 156 valence electrons. The van der Waals surface area contributed by atoms with E-state index < -0.39 is 0 Å². The standard InChI is InChI=1S/C24H28N4O2/c1-18-8-10-21(11-9-18)25-24(29)23(20-6-4-3-5-7-20)28-14-12-27(13-15-28)17-22-16-19(2)30-26-22/h3-11,16,23H,12-15,17H2,1-2H3,(H,25,29)/p+2/t23-/m1/s1. The molecule has 1 amide bonds. The number of nitrogens with one attached hydrogen (secondary N) is 3. The van der Waals surface area contributed by atoms with Gasteiger partial charge in [0.1, 0.15) is 44.2 Å². The molecular formula is C24H30N4O2+2. The van der Waals surface area contributed by atoms with Gasteiger partial charge in [0.05, 0.1) is 0 Å². The van der Waals surface area contributed by atoms with Crippen LogP contribution in [0.15, 0.2) is 65.2 Å². The van der Waals surface area contributed by atoms with Gasteiger partial charge in [0.25, 0.3) is 5.91 Å². The highest BCUT2D eigenvalue weighted by Gasteiger charge is 2.35. The average Bonchev–Trinajstić information content (AvgIpc) is 3.16. The summed E-state index contributed by atoms with van der Waals surface area (Å²) in [5.74, 6) is 0.904. The number of aryl methyl sites for hydroxylation is 2. The Bertz CT molecular complexity index is 960. The lowest BCUT2D eigenvalue weighted by Gasteiger charge is -2.33. The van der Waals surface area contributed by atoms with Gasteiger partial charge in [0.2, 0.25) is 0 Å². The Morgan fingerprint density at radius 2 is 1.73 bits per heavy atom. The van der Waals surface area contributed by atoms with Crippen molar-refractivity contribution >= 4 is 11.6 Å². The van der Waals surface area contributed by atoms with Crippen molar-refractivity contribution in [2.45, 2.75) is 26.4 Å². The SMILES string of the molecule is Cc1ccc(NC(=O)[C@@H](c2ccccc2)[NH+]2CC[NH+](Cc3cc(C)on3)CC2)cc1. The number of piperazine rings is 1. The number of benzene rings is 2. The summed E-state index contributed by atoms with van der Waals surface area (Å²) in [5.41, 5.74) is 4.09. The van der Waals surface area contributed by atoms with Gasteiger partial charge in [-0.05, 0) is 26.0 Å². The molecule has 6 nitrogen and oxygen atoms in total. The highest BCUT2D eigenvalue weighted by atomic mass is 16.5. The van der Waals surface area contributed by atoms with Gasteiger partial charge in [-0.25, -0.2) is 0 Å². The van der Waals surface area contributed by atoms with Crippen molar-refractivity contribution in [2.24, 2.45) is 0 Å². The van der Waals surface area contributed by atoms with Gasteiger partial charge in [0.15, 0.2) is 6.04 Å². The molecule has 0 bridgehead atoms. The molecule has 0 aliphatic carbocycles. The monoisotopic (exact) mass is 406 g/mol. The van der Waals surface area contributed by atoms with Crippen molar-refractivity contribution in [2.75, 3.05) is 31.5 Å². The van der Waals surface area contributed by atoms with E-state index in [0.717, 1.165) is 55.4 Å². The van der Waals surface area contributed by atoms with Crippen LogP contribution in [0.2, 0.25) is 0 Å². The number of amides is 1. The van der Waals surface area contributed by atoms with Crippen molar-refractivity contribution in [1.29, 1.82) is 0 Å². The van der Waals surface area contributed by atoms with Crippen LogP contribution in [0.3, 0.4) is 0 Å². The summed E-state index contributed by atoms with van der Waals surface area (Å²) >= 11 is 0. The topological polar surface area (TPSA) is 64.0 Å². The lowest BCUT2D eigenvalue weighted by Crippen LogP contribution is -3.28. The lowest BCUT2D eigenvalue weighted by atomic mass is 10.0. The van der Waals surface area contributed by atoms with Gasteiger partial charge in [-0.1, -0.05) is 53.2 Å². The quantitative estimate of drug-likeness (QED) is 0.571. The van der Waals surface area contributed by atoms with E-state index in [-0.39, 0.29) is 11.9 Å². The van der Waals surface area contributed by atoms with Gasteiger partial charge in [-0.2, -0.15) is 0 Å². The van der Waals surface area contributed by atoms with E-state index in [2.05, 4.69) is 22.6 Å². The number of anilines is 1. The summed E-state index contributed by atoms with van der Waals surface area (Å²) in [6, 6.07) is 19.9. The molecule has 0 unspecified atom stereocenters. The largest absolute Gasteiger partial charge is 0.361 e. The maximum Gasteiger partial charge on any atom is 0.287 e. The molecule has 3 N–H and O–H groups in total. The molecule has 0 radical (unpaired) electrons. The van der Waals surface area contributed by atoms with E-state index in [4.69, 9.17) is 4.52 Å². The second-order valence-electron chi connectivity index (χ2n) is 8.21. The molecule has 1 aromatic heterocycles. The Labute approximate surface area is 177 Å². The first-order valence-electron chi connectivity index (χ1n) is 10.6. The zero-order valence-corrected chi connectivity index (χ0v) is 17.7. The molecular weight excluding hydrogens is 376 g/mol. The number of carbonyl (C=O) groups is 1. The van der Waals surface area contributed by atoms with E-state index in [0.29, 0.717) is 0 Å². The summed E-state index contributed by atoms with van der Waals surface area (Å²) in [6.45, 7) is 8.72. The third-order valence-corrected chi connectivity index (χ3v) is 5.83. The summed E-state index contributed by atoms with van der Waals surface area (Å²) in [6.07, 6.45) is 0. The van der Waals surface area contributed by atoms with Crippen LogP contribution in [-0.2, 0) is 11.3 Å². The number of carbonyl (C=O) groups excluding carboxylic acids is 1. The minimum Gasteiger partial charge on any atom is -0.361 e. The Morgan fingerprint density at radius 3 is 2.37 bits per heavy atom. The zero-order valence-electron chi connectivity index (χ0n) is 17.7. The molecule has 1 saturated heterocycles. The molecule has 2 heterocycles. The fraction of sp³-hybridized carbons (Fsp3) is 0.333. The van der Waals surface area contributed by atoms with Crippen molar-refractivity contribution in [1.82, 2.24) is 5.16 Å². The molecule has 3 aromatic rings. The molecule has 4 rings (SSSR count). The number of hydrogen-bond donors (Lipinski definition) is 3. The minimum atomic E-state index is -0.219. The maximum absolute atomic E-state index is 13.3. The summed E-state index contributed by atoms with van der Waals surface area (Å²) in [7, 11) is 0. The first kappa shape index (κ1) is 20.3. The number of hydrogen-bond acceptors (Lipinski definition) is 3. The van der Waals surface area contributed by atoms with Crippen LogP contribution in [0.1, 0.15) is 28.6 Å². The molecule has 0 spiro atoms. The molecule has 1 aliphatic heterocycles. The van der Waals surface area contributed by atoms with Gasteiger partial charge < -0.3 is 19.6 Å². The fourth-order valence-electron chi connectivity index (χ4n) is 4.22. The molecule has 1 fully saturated rings. The van der Waals surface area contributed by atoms with Crippen molar-refractivity contribution < 1.29 is 19.1 Å². The van der Waals surface area contributed by atoms with Gasteiger partial charge in [-0.3, -0.25) is 4.79 Å². The fourth-order valence-corrected chi connectivity index (χ4v) is 4.22. The van der Waals surface area contributed by atoms with Crippen molar-refractivity contribution in [3.63, 3.8) is 0 Å². The smallest absolute Gasteiger partial charge is 0.287 e. The summed E-state index contributed by atoms with van der Waals surface area (Å²) in [5, 5.41) is 7.26. The van der Waals surface area contributed by atoms with E-state index in [1.807, 2.05) is 62.4 Å². The van der Waals surface area contributed by atoms with E-state index in [1.54, 1.807) is 0 Å². The van der Waals surface area contributed by atoms with E-state index in [1.165, 1.54) is 15.4 Å². The Hall–Kier alpha value is -2.96. The van der Waals surface area contributed by atoms with Gasteiger partial charge in [-0.15, -0.1) is 0 Å². The molecule has 6 heteroatoms. The Kier molecular flexibility index (Phi) is 6.26. The summed E-state index contributed by atoms with van der Waals surface area (Å²) in [4.78, 5) is 16.1. The third-order valence-electron chi connectivity index (χ3n) is 5.83. The van der Waals surface area contributed by atoms with Crippen LogP contribution in [0.5, 0.6) is 0 Å².